The van der Waals surface area contributed by atoms with Gasteiger partial charge >= 0.3 is 0 Å². The summed E-state index contributed by atoms with van der Waals surface area (Å²) in [6.07, 6.45) is 4.49. The summed E-state index contributed by atoms with van der Waals surface area (Å²) >= 11 is 0. The van der Waals surface area contributed by atoms with Gasteiger partial charge in [0, 0.05) is 31.0 Å². The topological polar surface area (TPSA) is 40.6 Å². The number of nitrogens with zero attached hydrogens (tertiary/aromatic N) is 2. The second-order valence-electron chi connectivity index (χ2n) is 7.74. The van der Waals surface area contributed by atoms with E-state index in [0.717, 1.165) is 25.9 Å². The van der Waals surface area contributed by atoms with Gasteiger partial charge < -0.3 is 4.90 Å². The maximum Gasteiger partial charge on any atom is 0.226 e. The van der Waals surface area contributed by atoms with Crippen molar-refractivity contribution in [3.63, 3.8) is 0 Å². The van der Waals surface area contributed by atoms with E-state index >= 15 is 0 Å². The molecule has 3 fully saturated rings. The second kappa shape index (κ2) is 5.38. The van der Waals surface area contributed by atoms with Gasteiger partial charge in [0.2, 0.25) is 5.91 Å². The smallest absolute Gasteiger partial charge is 0.226 e. The number of carbonyl (C=O) groups excluding carboxylic acids is 2. The van der Waals surface area contributed by atoms with E-state index in [1.54, 1.807) is 6.92 Å². The van der Waals surface area contributed by atoms with Crippen molar-refractivity contribution in [2.45, 2.75) is 52.5 Å². The molecule has 21 heavy (non-hydrogen) atoms. The van der Waals surface area contributed by atoms with Gasteiger partial charge in [-0.15, -0.1) is 0 Å². The monoisotopic (exact) mass is 292 g/mol. The number of hydrogen-bond donors (Lipinski definition) is 0. The largest absolute Gasteiger partial charge is 0.341 e. The van der Waals surface area contributed by atoms with E-state index in [9.17, 15) is 9.59 Å². The molecule has 0 N–H and O–H groups in total. The van der Waals surface area contributed by atoms with Crippen molar-refractivity contribution >= 4 is 11.7 Å². The molecule has 2 saturated heterocycles. The van der Waals surface area contributed by atoms with Gasteiger partial charge in [0.05, 0.1) is 0 Å². The third-order valence-corrected chi connectivity index (χ3v) is 6.19. The molecule has 3 atom stereocenters. The quantitative estimate of drug-likeness (QED) is 0.798. The van der Waals surface area contributed by atoms with Gasteiger partial charge in [-0.2, -0.15) is 0 Å². The van der Waals surface area contributed by atoms with Crippen LogP contribution in [-0.4, -0.2) is 53.7 Å². The summed E-state index contributed by atoms with van der Waals surface area (Å²) in [5, 5.41) is 0. The van der Waals surface area contributed by atoms with Crippen molar-refractivity contribution in [1.29, 1.82) is 0 Å². The SMILES string of the molecule is CC(=O)[C@@H]1C[C@H](C(=O)N2CCC(N3CCCC3)C2)C1(C)C. The van der Waals surface area contributed by atoms with Crippen LogP contribution < -0.4 is 0 Å². The molecule has 0 spiro atoms. The predicted molar refractivity (Wildman–Crippen MR) is 81.9 cm³/mol. The van der Waals surface area contributed by atoms with E-state index in [1.165, 1.54) is 25.9 Å². The van der Waals surface area contributed by atoms with Crippen LogP contribution in [0, 0.1) is 17.3 Å². The van der Waals surface area contributed by atoms with Crippen LogP contribution in [0.15, 0.2) is 0 Å². The minimum absolute atomic E-state index is 0.0451. The van der Waals surface area contributed by atoms with Gasteiger partial charge in [-0.05, 0) is 51.1 Å². The van der Waals surface area contributed by atoms with Crippen molar-refractivity contribution in [3.8, 4) is 0 Å². The molecule has 0 aromatic rings. The first-order chi connectivity index (χ1) is 9.91. The fourth-order valence-electron chi connectivity index (χ4n) is 4.60. The van der Waals surface area contributed by atoms with Gasteiger partial charge in [-0.25, -0.2) is 0 Å². The summed E-state index contributed by atoms with van der Waals surface area (Å²) in [7, 11) is 0. The van der Waals surface area contributed by atoms with Crippen molar-refractivity contribution in [2.24, 2.45) is 17.3 Å². The standard InChI is InChI=1S/C17H28N2O2/c1-12(20)14-10-15(17(14,2)3)16(21)19-9-6-13(11-19)18-7-4-5-8-18/h13-15H,4-11H2,1-3H3/t13?,14-,15+/m0/s1. The van der Waals surface area contributed by atoms with Crippen molar-refractivity contribution in [1.82, 2.24) is 9.80 Å². The number of ketones is 1. The number of likely N-dealkylation sites (tertiary alicyclic amines) is 2. The molecule has 1 amide bonds. The maximum atomic E-state index is 12.8. The Labute approximate surface area is 127 Å². The average molecular weight is 292 g/mol. The fourth-order valence-corrected chi connectivity index (χ4v) is 4.60. The third kappa shape index (κ3) is 2.52. The lowest BCUT2D eigenvalue weighted by molar-refractivity contribution is -0.156. The van der Waals surface area contributed by atoms with Crippen molar-refractivity contribution < 1.29 is 9.59 Å². The molecule has 4 nitrogen and oxygen atoms in total. The van der Waals surface area contributed by atoms with Crippen LogP contribution in [0.5, 0.6) is 0 Å². The minimum atomic E-state index is -0.158. The Hall–Kier alpha value is -0.900. The zero-order valence-corrected chi connectivity index (χ0v) is 13.6. The molecule has 118 valence electrons. The van der Waals surface area contributed by atoms with Crippen molar-refractivity contribution in [3.05, 3.63) is 0 Å². The normalized spacial score (nSPS) is 35.8. The number of amides is 1. The predicted octanol–water partition coefficient (Wildman–Crippen LogP) is 1.93. The molecule has 0 aromatic carbocycles. The first-order valence-electron chi connectivity index (χ1n) is 8.44. The Morgan fingerprint density at radius 2 is 1.71 bits per heavy atom. The molecule has 1 aliphatic carbocycles. The van der Waals surface area contributed by atoms with Crippen LogP contribution in [-0.2, 0) is 9.59 Å². The number of Topliss-reactive ketones (excluding diaryl/α,β-unsaturated/α-hetero) is 1. The molecular weight excluding hydrogens is 264 g/mol. The molecule has 0 aromatic heterocycles. The van der Waals surface area contributed by atoms with E-state index in [2.05, 4.69) is 23.6 Å². The summed E-state index contributed by atoms with van der Waals surface area (Å²) in [5.74, 6) is 0.645. The zero-order chi connectivity index (χ0) is 15.2. The van der Waals surface area contributed by atoms with E-state index in [1.807, 2.05) is 0 Å². The van der Waals surface area contributed by atoms with Crippen LogP contribution in [0.25, 0.3) is 0 Å². The molecule has 1 saturated carbocycles. The average Bonchev–Trinajstić information content (AvgIpc) is 3.07. The molecule has 0 bridgehead atoms. The Bertz CT molecular complexity index is 440. The first kappa shape index (κ1) is 15.0. The van der Waals surface area contributed by atoms with Gasteiger partial charge in [0.15, 0.2) is 0 Å². The molecule has 4 heteroatoms. The lowest BCUT2D eigenvalue weighted by Gasteiger charge is -2.51. The highest BCUT2D eigenvalue weighted by molar-refractivity contribution is 5.87. The molecule has 2 aliphatic heterocycles. The van der Waals surface area contributed by atoms with Crippen LogP contribution in [0.4, 0.5) is 0 Å². The van der Waals surface area contributed by atoms with E-state index in [4.69, 9.17) is 0 Å². The second-order valence-corrected chi connectivity index (χ2v) is 7.74. The highest BCUT2D eigenvalue weighted by Gasteiger charge is 2.55. The van der Waals surface area contributed by atoms with Crippen molar-refractivity contribution in [2.75, 3.05) is 26.2 Å². The number of rotatable bonds is 3. The van der Waals surface area contributed by atoms with Crippen LogP contribution in [0.2, 0.25) is 0 Å². The first-order valence-corrected chi connectivity index (χ1v) is 8.44. The van der Waals surface area contributed by atoms with E-state index < -0.39 is 0 Å². The molecule has 0 radical (unpaired) electrons. The van der Waals surface area contributed by atoms with Crippen LogP contribution >= 0.6 is 0 Å². The number of hydrogen-bond acceptors (Lipinski definition) is 3. The Balaban J connectivity index is 1.58. The van der Waals surface area contributed by atoms with Gasteiger partial charge in [-0.3, -0.25) is 14.5 Å². The summed E-state index contributed by atoms with van der Waals surface area (Å²) in [4.78, 5) is 29.0. The van der Waals surface area contributed by atoms with E-state index in [0.29, 0.717) is 11.9 Å². The summed E-state index contributed by atoms with van der Waals surface area (Å²) < 4.78 is 0. The Morgan fingerprint density at radius 3 is 2.29 bits per heavy atom. The van der Waals surface area contributed by atoms with E-state index in [-0.39, 0.29) is 23.0 Å². The lowest BCUT2D eigenvalue weighted by Crippen LogP contribution is -2.55. The molecule has 3 rings (SSSR count). The number of carbonyl (C=O) groups is 2. The van der Waals surface area contributed by atoms with Gasteiger partial charge in [0.25, 0.3) is 0 Å². The Morgan fingerprint density at radius 1 is 1.05 bits per heavy atom. The van der Waals surface area contributed by atoms with Gasteiger partial charge in [-0.1, -0.05) is 13.8 Å². The molecular formula is C17H28N2O2. The molecule has 1 unspecified atom stereocenters. The third-order valence-electron chi connectivity index (χ3n) is 6.19. The Kier molecular flexibility index (Phi) is 3.85. The highest BCUT2D eigenvalue weighted by atomic mass is 16.2. The molecule has 2 heterocycles. The van der Waals surface area contributed by atoms with Crippen LogP contribution in [0.1, 0.15) is 46.5 Å². The van der Waals surface area contributed by atoms with Gasteiger partial charge in [0.1, 0.15) is 5.78 Å². The lowest BCUT2D eigenvalue weighted by atomic mass is 9.53. The maximum absolute atomic E-state index is 12.8. The summed E-state index contributed by atoms with van der Waals surface area (Å²) in [5.41, 5.74) is -0.158. The zero-order valence-electron chi connectivity index (χ0n) is 13.6. The van der Waals surface area contributed by atoms with Crippen LogP contribution in [0.3, 0.4) is 0 Å². The summed E-state index contributed by atoms with van der Waals surface area (Å²) in [6.45, 7) is 10.0. The summed E-state index contributed by atoms with van der Waals surface area (Å²) in [6, 6.07) is 0.572. The minimum Gasteiger partial charge on any atom is -0.341 e. The fraction of sp³-hybridized carbons (Fsp3) is 0.882. The molecule has 3 aliphatic rings. The highest BCUT2D eigenvalue weighted by Crippen LogP contribution is 2.52.